The van der Waals surface area contributed by atoms with Crippen molar-refractivity contribution < 1.29 is 4.79 Å². The van der Waals surface area contributed by atoms with Crippen LogP contribution in [0.1, 0.15) is 30.5 Å². The first-order valence-electron chi connectivity index (χ1n) is 9.00. The van der Waals surface area contributed by atoms with Crippen molar-refractivity contribution in [2.45, 2.75) is 29.5 Å². The summed E-state index contributed by atoms with van der Waals surface area (Å²) < 4.78 is 0. The Morgan fingerprint density at radius 1 is 0.889 bits per heavy atom. The van der Waals surface area contributed by atoms with Crippen molar-refractivity contribution in [3.05, 3.63) is 101 Å². The Morgan fingerprint density at radius 2 is 1.41 bits per heavy atom. The SMILES string of the molecule is CC[C@H](Sc1ccc(Cl)cc1)C(=O)NC(c1ccccc1)c1ccccc1. The van der Waals surface area contributed by atoms with E-state index in [-0.39, 0.29) is 17.2 Å². The van der Waals surface area contributed by atoms with E-state index in [9.17, 15) is 4.79 Å². The quantitative estimate of drug-likeness (QED) is 0.488. The second-order valence-electron chi connectivity index (χ2n) is 6.23. The minimum Gasteiger partial charge on any atom is -0.344 e. The molecule has 1 N–H and O–H groups in total. The maximum atomic E-state index is 13.0. The van der Waals surface area contributed by atoms with Gasteiger partial charge in [0.15, 0.2) is 0 Å². The Morgan fingerprint density at radius 3 is 1.89 bits per heavy atom. The smallest absolute Gasteiger partial charge is 0.234 e. The van der Waals surface area contributed by atoms with Crippen molar-refractivity contribution >= 4 is 29.3 Å². The molecule has 3 aromatic rings. The highest BCUT2D eigenvalue weighted by atomic mass is 35.5. The first-order valence-corrected chi connectivity index (χ1v) is 10.3. The van der Waals surface area contributed by atoms with E-state index in [1.165, 1.54) is 0 Å². The fourth-order valence-electron chi connectivity index (χ4n) is 2.88. The van der Waals surface area contributed by atoms with E-state index in [0.29, 0.717) is 5.02 Å². The van der Waals surface area contributed by atoms with Crippen molar-refractivity contribution in [1.29, 1.82) is 0 Å². The van der Waals surface area contributed by atoms with Crippen molar-refractivity contribution in [3.8, 4) is 0 Å². The van der Waals surface area contributed by atoms with Crippen LogP contribution in [0, 0.1) is 0 Å². The molecule has 27 heavy (non-hydrogen) atoms. The van der Waals surface area contributed by atoms with Gasteiger partial charge < -0.3 is 5.32 Å². The van der Waals surface area contributed by atoms with Crippen molar-refractivity contribution in [2.24, 2.45) is 0 Å². The van der Waals surface area contributed by atoms with Gasteiger partial charge in [0.2, 0.25) is 5.91 Å². The van der Waals surface area contributed by atoms with E-state index in [0.717, 1.165) is 22.4 Å². The monoisotopic (exact) mass is 395 g/mol. The highest BCUT2D eigenvalue weighted by Gasteiger charge is 2.23. The summed E-state index contributed by atoms with van der Waals surface area (Å²) in [6.07, 6.45) is 0.745. The van der Waals surface area contributed by atoms with E-state index in [1.807, 2.05) is 91.9 Å². The van der Waals surface area contributed by atoms with E-state index >= 15 is 0 Å². The van der Waals surface area contributed by atoms with Gasteiger partial charge in [0.1, 0.15) is 0 Å². The summed E-state index contributed by atoms with van der Waals surface area (Å²) in [6, 6.07) is 27.6. The highest BCUT2D eigenvalue weighted by molar-refractivity contribution is 8.00. The van der Waals surface area contributed by atoms with Crippen LogP contribution in [0.3, 0.4) is 0 Å². The number of nitrogens with one attached hydrogen (secondary N) is 1. The molecule has 0 bridgehead atoms. The summed E-state index contributed by atoms with van der Waals surface area (Å²) in [6.45, 7) is 2.03. The molecule has 138 valence electrons. The molecule has 0 aliphatic heterocycles. The molecule has 4 heteroatoms. The number of benzene rings is 3. The van der Waals surface area contributed by atoms with Gasteiger partial charge in [0, 0.05) is 9.92 Å². The number of amides is 1. The minimum atomic E-state index is -0.167. The van der Waals surface area contributed by atoms with Gasteiger partial charge in [0.05, 0.1) is 11.3 Å². The zero-order valence-electron chi connectivity index (χ0n) is 15.1. The first-order chi connectivity index (χ1) is 13.2. The first kappa shape index (κ1) is 19.5. The minimum absolute atomic E-state index is 0.0372. The number of hydrogen-bond donors (Lipinski definition) is 1. The molecule has 0 unspecified atom stereocenters. The molecular formula is C23H22ClNOS. The Balaban J connectivity index is 1.79. The van der Waals surface area contributed by atoms with Crippen LogP contribution in [0.25, 0.3) is 0 Å². The predicted molar refractivity (Wildman–Crippen MR) is 114 cm³/mol. The third kappa shape index (κ3) is 5.38. The highest BCUT2D eigenvalue weighted by Crippen LogP contribution is 2.28. The average molecular weight is 396 g/mol. The lowest BCUT2D eigenvalue weighted by Crippen LogP contribution is -2.36. The van der Waals surface area contributed by atoms with Crippen molar-refractivity contribution in [2.75, 3.05) is 0 Å². The molecule has 3 aromatic carbocycles. The Hall–Kier alpha value is -2.23. The lowest BCUT2D eigenvalue weighted by molar-refractivity contribution is -0.121. The molecule has 1 atom stereocenters. The lowest BCUT2D eigenvalue weighted by Gasteiger charge is -2.23. The molecule has 0 aliphatic rings. The van der Waals surface area contributed by atoms with Crippen molar-refractivity contribution in [3.63, 3.8) is 0 Å². The standard InChI is InChI=1S/C23H22ClNOS/c1-2-21(27-20-15-13-19(24)14-16-20)23(26)25-22(17-9-5-3-6-10-17)18-11-7-4-8-12-18/h3-16,21-22H,2H2,1H3,(H,25,26)/t21-/m0/s1. The van der Waals surface area contributed by atoms with E-state index in [2.05, 4.69) is 5.32 Å². The molecule has 0 aliphatic carbocycles. The lowest BCUT2D eigenvalue weighted by atomic mass is 9.98. The van der Waals surface area contributed by atoms with Crippen LogP contribution in [0.4, 0.5) is 0 Å². The van der Waals surface area contributed by atoms with Crippen molar-refractivity contribution in [1.82, 2.24) is 5.32 Å². The normalized spacial score (nSPS) is 12.0. The second-order valence-corrected chi connectivity index (χ2v) is 7.94. The number of thioether (sulfide) groups is 1. The number of hydrogen-bond acceptors (Lipinski definition) is 2. The van der Waals surface area contributed by atoms with Gasteiger partial charge in [0.25, 0.3) is 0 Å². The Kier molecular flexibility index (Phi) is 6.97. The van der Waals surface area contributed by atoms with Gasteiger partial charge in [-0.1, -0.05) is 79.2 Å². The second kappa shape index (κ2) is 9.63. The summed E-state index contributed by atoms with van der Waals surface area (Å²) in [5.41, 5.74) is 2.15. The number of rotatable bonds is 7. The summed E-state index contributed by atoms with van der Waals surface area (Å²) >= 11 is 7.53. The maximum Gasteiger partial charge on any atom is 0.234 e. The van der Waals surface area contributed by atoms with Crippen LogP contribution < -0.4 is 5.32 Å². The Labute approximate surface area is 170 Å². The van der Waals surface area contributed by atoms with Crippen LogP contribution in [0.2, 0.25) is 5.02 Å². The molecule has 3 rings (SSSR count). The Bertz CT molecular complexity index is 813. The van der Waals surface area contributed by atoms with Gasteiger partial charge in [-0.15, -0.1) is 11.8 Å². The van der Waals surface area contributed by atoms with Crippen LogP contribution in [-0.4, -0.2) is 11.2 Å². The topological polar surface area (TPSA) is 29.1 Å². The summed E-state index contributed by atoms with van der Waals surface area (Å²) in [4.78, 5) is 14.1. The molecule has 0 fully saturated rings. The van der Waals surface area contributed by atoms with Gasteiger partial charge in [-0.05, 0) is 41.8 Å². The molecule has 0 radical (unpaired) electrons. The fourth-order valence-corrected chi connectivity index (χ4v) is 3.97. The van der Waals surface area contributed by atoms with Crippen LogP contribution >= 0.6 is 23.4 Å². The van der Waals surface area contributed by atoms with E-state index in [1.54, 1.807) is 11.8 Å². The third-order valence-corrected chi connectivity index (χ3v) is 5.94. The molecule has 0 spiro atoms. The average Bonchev–Trinajstić information content (AvgIpc) is 2.72. The fraction of sp³-hybridized carbons (Fsp3) is 0.174. The summed E-state index contributed by atoms with van der Waals surface area (Å²) in [5.74, 6) is 0.0372. The molecule has 0 heterocycles. The zero-order chi connectivity index (χ0) is 19.1. The van der Waals surface area contributed by atoms with Gasteiger partial charge in [-0.25, -0.2) is 0 Å². The van der Waals surface area contributed by atoms with E-state index in [4.69, 9.17) is 11.6 Å². The van der Waals surface area contributed by atoms with E-state index < -0.39 is 0 Å². The van der Waals surface area contributed by atoms with Gasteiger partial charge in [-0.2, -0.15) is 0 Å². The molecule has 0 aromatic heterocycles. The summed E-state index contributed by atoms with van der Waals surface area (Å²) in [7, 11) is 0. The number of carbonyl (C=O) groups is 1. The third-order valence-electron chi connectivity index (χ3n) is 4.31. The molecule has 1 amide bonds. The van der Waals surface area contributed by atoms with Crippen LogP contribution in [-0.2, 0) is 4.79 Å². The molecule has 2 nitrogen and oxygen atoms in total. The summed E-state index contributed by atoms with van der Waals surface area (Å²) in [5, 5.41) is 3.78. The van der Waals surface area contributed by atoms with Crippen LogP contribution in [0.5, 0.6) is 0 Å². The van der Waals surface area contributed by atoms with Gasteiger partial charge in [-0.3, -0.25) is 4.79 Å². The number of halogens is 1. The molecule has 0 saturated carbocycles. The predicted octanol–water partition coefficient (Wildman–Crippen LogP) is 6.12. The largest absolute Gasteiger partial charge is 0.344 e. The molecule has 0 saturated heterocycles. The molecular weight excluding hydrogens is 374 g/mol. The van der Waals surface area contributed by atoms with Gasteiger partial charge >= 0.3 is 0 Å². The zero-order valence-corrected chi connectivity index (χ0v) is 16.7. The van der Waals surface area contributed by atoms with Crippen LogP contribution in [0.15, 0.2) is 89.8 Å². The number of carbonyl (C=O) groups excluding carboxylic acids is 1. The maximum absolute atomic E-state index is 13.0.